The molecule has 30 heavy (non-hydrogen) atoms. The molecular weight excluding hydrogens is 398 g/mol. The number of anilines is 1. The van der Waals surface area contributed by atoms with Gasteiger partial charge in [-0.2, -0.15) is 0 Å². The zero-order chi connectivity index (χ0) is 21.6. The summed E-state index contributed by atoms with van der Waals surface area (Å²) in [5.41, 5.74) is 7.45. The number of nitrogens with one attached hydrogen (secondary N) is 1. The maximum Gasteiger partial charge on any atom is 0.251 e. The monoisotopic (exact) mass is 419 g/mol. The molecule has 1 aliphatic rings. The summed E-state index contributed by atoms with van der Waals surface area (Å²) in [6, 6.07) is 2.53. The van der Waals surface area contributed by atoms with Crippen molar-refractivity contribution in [3.8, 4) is 11.3 Å². The van der Waals surface area contributed by atoms with Gasteiger partial charge in [0.05, 0.1) is 6.20 Å². The van der Waals surface area contributed by atoms with E-state index in [1.165, 1.54) is 6.07 Å². The van der Waals surface area contributed by atoms with Crippen LogP contribution in [0, 0.1) is 11.6 Å². The van der Waals surface area contributed by atoms with Crippen molar-refractivity contribution in [3.05, 3.63) is 47.3 Å². The van der Waals surface area contributed by atoms with Crippen LogP contribution in [0.2, 0.25) is 0 Å². The third-order valence-corrected chi connectivity index (χ3v) is 5.33. The van der Waals surface area contributed by atoms with Gasteiger partial charge < -0.3 is 11.1 Å². The molecule has 1 fully saturated rings. The Hall–Kier alpha value is -2.81. The summed E-state index contributed by atoms with van der Waals surface area (Å²) in [5, 5.41) is 3.64. The van der Waals surface area contributed by atoms with Crippen molar-refractivity contribution >= 4 is 16.9 Å². The van der Waals surface area contributed by atoms with Crippen molar-refractivity contribution < 1.29 is 17.6 Å². The van der Waals surface area contributed by atoms with Gasteiger partial charge in [0.2, 0.25) is 5.95 Å². The Balaban J connectivity index is 1.77. The fourth-order valence-corrected chi connectivity index (χ4v) is 3.92. The molecule has 0 saturated heterocycles. The van der Waals surface area contributed by atoms with Crippen LogP contribution in [-0.4, -0.2) is 26.9 Å². The zero-order valence-corrected chi connectivity index (χ0v) is 16.5. The van der Waals surface area contributed by atoms with Gasteiger partial charge in [0.15, 0.2) is 5.82 Å². The molecule has 0 aliphatic heterocycles. The second kappa shape index (κ2) is 7.46. The summed E-state index contributed by atoms with van der Waals surface area (Å²) in [4.78, 5) is 11.7. The number of benzene rings is 1. The van der Waals surface area contributed by atoms with Crippen LogP contribution in [0.25, 0.3) is 22.2 Å². The number of alkyl halides is 2. The van der Waals surface area contributed by atoms with Crippen LogP contribution in [0.3, 0.4) is 0 Å². The molecule has 9 heteroatoms. The first-order valence-electron chi connectivity index (χ1n) is 9.65. The minimum atomic E-state index is -2.61. The Bertz CT molecular complexity index is 1110. The van der Waals surface area contributed by atoms with Crippen molar-refractivity contribution in [2.75, 3.05) is 5.73 Å². The number of hydrogen-bond donors (Lipinski definition) is 2. The number of hydrogen-bond acceptors (Lipinski definition) is 5. The highest BCUT2D eigenvalue weighted by atomic mass is 19.3. The van der Waals surface area contributed by atoms with Crippen molar-refractivity contribution in [2.45, 2.75) is 51.1 Å². The third-order valence-electron chi connectivity index (χ3n) is 5.33. The van der Waals surface area contributed by atoms with Gasteiger partial charge in [-0.25, -0.2) is 27.5 Å². The number of halogens is 4. The van der Waals surface area contributed by atoms with E-state index in [9.17, 15) is 17.6 Å². The van der Waals surface area contributed by atoms with Crippen LogP contribution >= 0.6 is 0 Å². The van der Waals surface area contributed by atoms with Gasteiger partial charge in [-0.1, -0.05) is 13.8 Å². The second-order valence-electron chi connectivity index (χ2n) is 7.97. The molecule has 2 aromatic heterocycles. The molecule has 0 amide bonds. The smallest absolute Gasteiger partial charge is 0.251 e. The fourth-order valence-electron chi connectivity index (χ4n) is 3.92. The van der Waals surface area contributed by atoms with Crippen molar-refractivity contribution in [1.82, 2.24) is 20.3 Å². The minimum absolute atomic E-state index is 0.00917. The largest absolute Gasteiger partial charge is 0.368 e. The average Bonchev–Trinajstić information content (AvgIpc) is 2.65. The zero-order valence-electron chi connectivity index (χ0n) is 16.5. The van der Waals surface area contributed by atoms with E-state index in [4.69, 9.17) is 5.73 Å². The maximum atomic E-state index is 14.8. The lowest BCUT2D eigenvalue weighted by Gasteiger charge is -2.35. The van der Waals surface area contributed by atoms with Gasteiger partial charge in [0, 0.05) is 42.6 Å². The topological polar surface area (TPSA) is 76.7 Å². The predicted octanol–water partition coefficient (Wildman–Crippen LogP) is 4.56. The number of fused-ring (bicyclic) bond motifs is 1. The van der Waals surface area contributed by atoms with Crippen LogP contribution in [0.5, 0.6) is 0 Å². The Morgan fingerprint density at radius 3 is 2.53 bits per heavy atom. The first-order chi connectivity index (χ1) is 14.1. The molecule has 0 spiro atoms. The molecule has 0 unspecified atom stereocenters. The Kier molecular flexibility index (Phi) is 5.09. The van der Waals surface area contributed by atoms with Crippen molar-refractivity contribution in [1.29, 1.82) is 0 Å². The third kappa shape index (κ3) is 3.81. The van der Waals surface area contributed by atoms with Gasteiger partial charge in [0.25, 0.3) is 5.92 Å². The van der Waals surface area contributed by atoms with E-state index in [1.54, 1.807) is 12.3 Å². The number of aromatic nitrogens is 3. The SMILES string of the molecule is CC(C)c1c(CNC2CC(F)(F)C2)cnc2c(F)cc(-c3nc(N)ncc3F)cc12. The van der Waals surface area contributed by atoms with Gasteiger partial charge in [-0.3, -0.25) is 4.98 Å². The Labute approximate surface area is 170 Å². The summed E-state index contributed by atoms with van der Waals surface area (Å²) in [6.07, 6.45) is 2.11. The second-order valence-corrected chi connectivity index (χ2v) is 7.97. The number of nitrogen functional groups attached to an aromatic ring is 1. The van der Waals surface area contributed by atoms with E-state index in [-0.39, 0.29) is 47.5 Å². The number of nitrogens with zero attached hydrogens (tertiary/aromatic N) is 3. The van der Waals surface area contributed by atoms with E-state index in [1.807, 2.05) is 13.8 Å². The molecule has 0 radical (unpaired) electrons. The molecule has 0 bridgehead atoms. The lowest BCUT2D eigenvalue weighted by Crippen LogP contribution is -2.48. The average molecular weight is 419 g/mol. The lowest BCUT2D eigenvalue weighted by atomic mass is 9.87. The first-order valence-corrected chi connectivity index (χ1v) is 9.65. The number of nitrogens with two attached hydrogens (primary N) is 1. The highest BCUT2D eigenvalue weighted by Crippen LogP contribution is 2.38. The van der Waals surface area contributed by atoms with E-state index in [2.05, 4.69) is 20.3 Å². The molecule has 1 saturated carbocycles. The molecule has 4 rings (SSSR count). The van der Waals surface area contributed by atoms with Crippen LogP contribution in [0.4, 0.5) is 23.5 Å². The van der Waals surface area contributed by atoms with Crippen LogP contribution in [-0.2, 0) is 6.54 Å². The normalized spacial score (nSPS) is 16.2. The summed E-state index contributed by atoms with van der Waals surface area (Å²) in [5.74, 6) is -4.07. The lowest BCUT2D eigenvalue weighted by molar-refractivity contribution is -0.0930. The molecule has 1 aliphatic carbocycles. The summed E-state index contributed by atoms with van der Waals surface area (Å²) >= 11 is 0. The van der Waals surface area contributed by atoms with Gasteiger partial charge in [-0.15, -0.1) is 0 Å². The van der Waals surface area contributed by atoms with E-state index >= 15 is 0 Å². The molecule has 2 heterocycles. The molecule has 1 aromatic carbocycles. The predicted molar refractivity (Wildman–Crippen MR) is 106 cm³/mol. The molecule has 3 aromatic rings. The summed E-state index contributed by atoms with van der Waals surface area (Å²) < 4.78 is 55.3. The van der Waals surface area contributed by atoms with E-state index < -0.39 is 17.6 Å². The molecule has 0 atom stereocenters. The van der Waals surface area contributed by atoms with Gasteiger partial charge in [-0.05, 0) is 29.2 Å². The molecule has 5 nitrogen and oxygen atoms in total. The van der Waals surface area contributed by atoms with Gasteiger partial charge >= 0.3 is 0 Å². The van der Waals surface area contributed by atoms with Crippen LogP contribution in [0.1, 0.15) is 43.7 Å². The maximum absolute atomic E-state index is 14.8. The summed E-state index contributed by atoms with van der Waals surface area (Å²) in [6.45, 7) is 4.23. The number of pyridine rings is 1. The molecular formula is C21H21F4N5. The highest BCUT2D eigenvalue weighted by molar-refractivity contribution is 5.88. The van der Waals surface area contributed by atoms with E-state index in [0.29, 0.717) is 11.9 Å². The van der Waals surface area contributed by atoms with Crippen molar-refractivity contribution in [3.63, 3.8) is 0 Å². The van der Waals surface area contributed by atoms with Crippen LogP contribution < -0.4 is 11.1 Å². The minimum Gasteiger partial charge on any atom is -0.368 e. The molecule has 158 valence electrons. The molecule has 3 N–H and O–H groups in total. The quantitative estimate of drug-likeness (QED) is 0.593. The Morgan fingerprint density at radius 2 is 1.87 bits per heavy atom. The number of rotatable bonds is 5. The van der Waals surface area contributed by atoms with Gasteiger partial charge in [0.1, 0.15) is 17.0 Å². The first kappa shape index (κ1) is 20.5. The van der Waals surface area contributed by atoms with Crippen molar-refractivity contribution in [2.24, 2.45) is 0 Å². The highest BCUT2D eigenvalue weighted by Gasteiger charge is 2.44. The van der Waals surface area contributed by atoms with E-state index in [0.717, 1.165) is 17.3 Å². The summed E-state index contributed by atoms with van der Waals surface area (Å²) in [7, 11) is 0. The fraction of sp³-hybridized carbons (Fsp3) is 0.381. The standard InChI is InChI=1S/C21H21F4N5/c1-10(2)17-12(7-27-13-5-21(24,25)6-13)8-28-19-14(17)3-11(4-15(19)22)18-16(23)9-29-20(26)30-18/h3-4,8-10,13,27H,5-7H2,1-2H3,(H2,26,29,30). The van der Waals surface area contributed by atoms with Crippen LogP contribution in [0.15, 0.2) is 24.5 Å². The Morgan fingerprint density at radius 1 is 1.13 bits per heavy atom.